The monoisotopic (exact) mass is 140 g/mol. The maximum Gasteiger partial charge on any atom is 0.117 e. The average molecular weight is 140 g/mol. The SMILES string of the molecule is C=CCSNC(=C)C#N. The van der Waals surface area contributed by atoms with Gasteiger partial charge >= 0.3 is 0 Å². The largest absolute Gasteiger partial charge is 0.321 e. The van der Waals surface area contributed by atoms with Crippen molar-refractivity contribution in [2.24, 2.45) is 0 Å². The Hall–Kier alpha value is -0.880. The Kier molecular flexibility index (Phi) is 4.75. The van der Waals surface area contributed by atoms with E-state index in [4.69, 9.17) is 5.26 Å². The summed E-state index contributed by atoms with van der Waals surface area (Å²) in [6.45, 7) is 6.93. The Morgan fingerprint density at radius 3 is 3.00 bits per heavy atom. The topological polar surface area (TPSA) is 35.8 Å². The number of nitriles is 1. The third kappa shape index (κ3) is 4.98. The van der Waals surface area contributed by atoms with E-state index in [9.17, 15) is 0 Å². The van der Waals surface area contributed by atoms with Gasteiger partial charge in [0.05, 0.1) is 0 Å². The van der Waals surface area contributed by atoms with Crippen molar-refractivity contribution in [1.82, 2.24) is 4.72 Å². The standard InChI is InChI=1S/C6H8N2S/c1-3-4-9-8-6(2)5-7/h3,8H,1-2,4H2. The number of rotatable bonds is 4. The lowest BCUT2D eigenvalue weighted by Gasteiger charge is -1.95. The number of hydrogen-bond donors (Lipinski definition) is 1. The van der Waals surface area contributed by atoms with Gasteiger partial charge in [-0.05, 0) is 11.9 Å². The fourth-order valence-corrected chi connectivity index (χ4v) is 0.632. The zero-order valence-corrected chi connectivity index (χ0v) is 5.87. The lowest BCUT2D eigenvalue weighted by Crippen LogP contribution is -1.99. The van der Waals surface area contributed by atoms with Gasteiger partial charge in [-0.3, -0.25) is 0 Å². The Morgan fingerprint density at radius 2 is 2.56 bits per heavy atom. The van der Waals surface area contributed by atoms with E-state index < -0.39 is 0 Å². The zero-order chi connectivity index (χ0) is 7.11. The van der Waals surface area contributed by atoms with Crippen LogP contribution in [-0.2, 0) is 0 Å². The maximum atomic E-state index is 8.18. The summed E-state index contributed by atoms with van der Waals surface area (Å²) in [5.41, 5.74) is 0.377. The van der Waals surface area contributed by atoms with Crippen LogP contribution in [0.25, 0.3) is 0 Å². The maximum absolute atomic E-state index is 8.18. The summed E-state index contributed by atoms with van der Waals surface area (Å²) in [6.07, 6.45) is 1.75. The fourth-order valence-electron chi connectivity index (χ4n) is 0.211. The van der Waals surface area contributed by atoms with Gasteiger partial charge in [-0.2, -0.15) is 5.26 Å². The van der Waals surface area contributed by atoms with E-state index in [-0.39, 0.29) is 0 Å². The van der Waals surface area contributed by atoms with Crippen LogP contribution in [0.3, 0.4) is 0 Å². The van der Waals surface area contributed by atoms with Crippen LogP contribution in [0.1, 0.15) is 0 Å². The molecule has 0 aliphatic heterocycles. The van der Waals surface area contributed by atoms with Gasteiger partial charge in [-0.25, -0.2) is 0 Å². The van der Waals surface area contributed by atoms with Crippen LogP contribution in [0.5, 0.6) is 0 Å². The first-order valence-corrected chi connectivity index (χ1v) is 3.37. The molecule has 0 fully saturated rings. The molecular formula is C6H8N2S. The third-order valence-electron chi connectivity index (χ3n) is 0.532. The number of hydrogen-bond acceptors (Lipinski definition) is 3. The summed E-state index contributed by atoms with van der Waals surface area (Å²) in [6, 6.07) is 1.86. The predicted molar refractivity (Wildman–Crippen MR) is 40.5 cm³/mol. The summed E-state index contributed by atoms with van der Waals surface area (Å²) in [5, 5.41) is 8.18. The Morgan fingerprint density at radius 1 is 1.89 bits per heavy atom. The van der Waals surface area contributed by atoms with Gasteiger partial charge in [0.2, 0.25) is 0 Å². The molecule has 0 rings (SSSR count). The van der Waals surface area contributed by atoms with Crippen LogP contribution >= 0.6 is 11.9 Å². The van der Waals surface area contributed by atoms with E-state index in [1.165, 1.54) is 11.9 Å². The molecule has 0 unspecified atom stereocenters. The normalized spacial score (nSPS) is 7.44. The van der Waals surface area contributed by atoms with Gasteiger partial charge in [0.25, 0.3) is 0 Å². The molecule has 9 heavy (non-hydrogen) atoms. The minimum absolute atomic E-state index is 0.377. The molecule has 0 aromatic carbocycles. The molecule has 0 saturated carbocycles. The van der Waals surface area contributed by atoms with Crippen LogP contribution in [0.4, 0.5) is 0 Å². The van der Waals surface area contributed by atoms with Gasteiger partial charge in [0.1, 0.15) is 11.8 Å². The first-order valence-electron chi connectivity index (χ1n) is 2.39. The van der Waals surface area contributed by atoms with Crippen LogP contribution in [0.2, 0.25) is 0 Å². The summed E-state index contributed by atoms with van der Waals surface area (Å²) in [4.78, 5) is 0. The Balaban J connectivity index is 3.19. The van der Waals surface area contributed by atoms with Crippen molar-refractivity contribution in [2.75, 3.05) is 5.75 Å². The highest BCUT2D eigenvalue weighted by molar-refractivity contribution is 7.97. The van der Waals surface area contributed by atoms with Gasteiger partial charge in [-0.1, -0.05) is 12.7 Å². The van der Waals surface area contributed by atoms with Crippen molar-refractivity contribution >= 4 is 11.9 Å². The molecule has 0 aliphatic carbocycles. The first kappa shape index (κ1) is 8.12. The van der Waals surface area contributed by atoms with Crippen molar-refractivity contribution in [2.45, 2.75) is 0 Å². The molecule has 0 radical (unpaired) electrons. The first-order chi connectivity index (χ1) is 4.31. The van der Waals surface area contributed by atoms with Crippen molar-refractivity contribution in [3.63, 3.8) is 0 Å². The summed E-state index contributed by atoms with van der Waals surface area (Å²) < 4.78 is 2.72. The molecule has 1 N–H and O–H groups in total. The summed E-state index contributed by atoms with van der Waals surface area (Å²) in [5.74, 6) is 0.778. The Labute approximate surface area is 59.4 Å². The summed E-state index contributed by atoms with van der Waals surface area (Å²) >= 11 is 1.40. The van der Waals surface area contributed by atoms with Gasteiger partial charge < -0.3 is 4.72 Å². The molecule has 0 aliphatic rings. The molecule has 3 heteroatoms. The second-order valence-corrected chi connectivity index (χ2v) is 2.12. The molecule has 0 aromatic heterocycles. The van der Waals surface area contributed by atoms with Gasteiger partial charge in [0.15, 0.2) is 0 Å². The van der Waals surface area contributed by atoms with E-state index in [2.05, 4.69) is 17.9 Å². The van der Waals surface area contributed by atoms with Crippen LogP contribution in [-0.4, -0.2) is 5.75 Å². The molecule has 0 amide bonds. The molecule has 0 spiro atoms. The number of nitrogens with one attached hydrogen (secondary N) is 1. The van der Waals surface area contributed by atoms with Crippen molar-refractivity contribution in [3.05, 3.63) is 24.9 Å². The lowest BCUT2D eigenvalue weighted by molar-refractivity contribution is 1.29. The minimum Gasteiger partial charge on any atom is -0.321 e. The lowest BCUT2D eigenvalue weighted by atomic mass is 10.6. The Bertz CT molecular complexity index is 146. The molecule has 0 saturated heterocycles. The smallest absolute Gasteiger partial charge is 0.117 e. The molecular weight excluding hydrogens is 132 g/mol. The number of nitrogens with zero attached hydrogens (tertiary/aromatic N) is 1. The van der Waals surface area contributed by atoms with E-state index >= 15 is 0 Å². The second-order valence-electron chi connectivity index (χ2n) is 1.29. The highest BCUT2D eigenvalue weighted by Crippen LogP contribution is 1.95. The van der Waals surface area contributed by atoms with E-state index in [0.717, 1.165) is 5.75 Å². The quantitative estimate of drug-likeness (QED) is 0.278. The van der Waals surface area contributed by atoms with Crippen LogP contribution in [0.15, 0.2) is 24.9 Å². The highest BCUT2D eigenvalue weighted by atomic mass is 32.2. The summed E-state index contributed by atoms with van der Waals surface area (Å²) in [7, 11) is 0. The molecule has 0 atom stereocenters. The van der Waals surface area contributed by atoms with E-state index in [1.54, 1.807) is 6.08 Å². The number of allylic oxidation sites excluding steroid dienone is 1. The van der Waals surface area contributed by atoms with Crippen LogP contribution in [0, 0.1) is 11.3 Å². The second kappa shape index (κ2) is 5.26. The zero-order valence-electron chi connectivity index (χ0n) is 5.05. The highest BCUT2D eigenvalue weighted by Gasteiger charge is 1.84. The van der Waals surface area contributed by atoms with Crippen LogP contribution < -0.4 is 4.72 Å². The molecule has 48 valence electrons. The minimum atomic E-state index is 0.377. The van der Waals surface area contributed by atoms with Gasteiger partial charge in [0, 0.05) is 5.75 Å². The van der Waals surface area contributed by atoms with Crippen molar-refractivity contribution < 1.29 is 0 Å². The molecule has 0 aromatic rings. The van der Waals surface area contributed by atoms with E-state index in [0.29, 0.717) is 5.70 Å². The third-order valence-corrected chi connectivity index (χ3v) is 1.32. The molecule has 2 nitrogen and oxygen atoms in total. The molecule has 0 bridgehead atoms. The average Bonchev–Trinajstić information content (AvgIpc) is 1.89. The van der Waals surface area contributed by atoms with Crippen molar-refractivity contribution in [3.8, 4) is 6.07 Å². The molecule has 0 heterocycles. The van der Waals surface area contributed by atoms with E-state index in [1.807, 2.05) is 6.07 Å². The van der Waals surface area contributed by atoms with Crippen molar-refractivity contribution in [1.29, 1.82) is 5.26 Å². The van der Waals surface area contributed by atoms with Gasteiger partial charge in [-0.15, -0.1) is 6.58 Å². The fraction of sp³-hybridized carbons (Fsp3) is 0.167. The predicted octanol–water partition coefficient (Wildman–Crippen LogP) is 1.45.